The fourth-order valence-corrected chi connectivity index (χ4v) is 3.15. The predicted octanol–water partition coefficient (Wildman–Crippen LogP) is 7.93. The minimum atomic E-state index is -6.80. The smallest absolute Gasteiger partial charge is 0.460 e. The number of unbranched alkanes of at least 4 members (excludes halogenated alkanes) is 5. The molecule has 0 N–H and O–H groups in total. The normalized spacial score (nSPS) is 13.1. The average molecular weight is 570 g/mol. The van der Waals surface area contributed by atoms with Crippen molar-refractivity contribution in [1.82, 2.24) is 0 Å². The van der Waals surface area contributed by atoms with Crippen LogP contribution in [-0.2, 0) is 4.74 Å². The van der Waals surface area contributed by atoms with Gasteiger partial charge in [0.2, 0.25) is 0 Å². The second-order valence-corrected chi connectivity index (χ2v) is 8.47. The Labute approximate surface area is 219 Å². The molecule has 1 atom stereocenters. The number of halogens is 8. The van der Waals surface area contributed by atoms with Crippen molar-refractivity contribution in [3.8, 4) is 11.5 Å². The summed E-state index contributed by atoms with van der Waals surface area (Å²) in [5, 5.41) is 0. The first-order valence-electron chi connectivity index (χ1n) is 11.9. The Balaban J connectivity index is 1.89. The zero-order chi connectivity index (χ0) is 29.3. The van der Waals surface area contributed by atoms with Crippen LogP contribution < -0.4 is 9.47 Å². The Bertz CT molecular complexity index is 1070. The zero-order valence-corrected chi connectivity index (χ0v) is 20.7. The molecule has 0 saturated carbocycles. The first kappa shape index (κ1) is 31.8. The summed E-state index contributed by atoms with van der Waals surface area (Å²) in [4.78, 5) is 24.1. The lowest BCUT2D eigenvalue weighted by Gasteiger charge is -2.29. The van der Waals surface area contributed by atoms with Gasteiger partial charge >= 0.3 is 36.3 Å². The fourth-order valence-electron chi connectivity index (χ4n) is 3.15. The lowest BCUT2D eigenvalue weighted by Crippen LogP contribution is -2.57. The van der Waals surface area contributed by atoms with Gasteiger partial charge in [0, 0.05) is 0 Å². The molecule has 0 radical (unpaired) electrons. The van der Waals surface area contributed by atoms with Crippen molar-refractivity contribution in [2.45, 2.75) is 69.8 Å². The van der Waals surface area contributed by atoms with Crippen molar-refractivity contribution >= 4 is 11.9 Å². The zero-order valence-electron chi connectivity index (χ0n) is 20.7. The topological polar surface area (TPSA) is 61.8 Å². The maximum atomic E-state index is 13.5. The number of ether oxygens (including phenoxy) is 3. The SMILES string of the molecule is CCCCCCCCOc1ccc(C(=O)Oc2ccc(C(=O)OC(F)C(F)(F)C(F)(F)C(F)(F)F)cc2)cc1. The highest BCUT2D eigenvalue weighted by molar-refractivity contribution is 5.92. The fraction of sp³-hybridized carbons (Fsp3) is 0.462. The number of hydrogen-bond acceptors (Lipinski definition) is 5. The number of alkyl halides is 8. The van der Waals surface area contributed by atoms with E-state index in [0.29, 0.717) is 12.4 Å². The van der Waals surface area contributed by atoms with Gasteiger partial charge in [-0.05, 0) is 55.0 Å². The molecule has 0 aliphatic rings. The van der Waals surface area contributed by atoms with E-state index >= 15 is 0 Å². The summed E-state index contributed by atoms with van der Waals surface area (Å²) in [6.07, 6.45) is -4.76. The molecule has 5 nitrogen and oxygen atoms in total. The summed E-state index contributed by atoms with van der Waals surface area (Å²) in [5.41, 5.74) is -0.547. The van der Waals surface area contributed by atoms with Gasteiger partial charge in [0.25, 0.3) is 0 Å². The molecule has 216 valence electrons. The van der Waals surface area contributed by atoms with Crippen LogP contribution in [0.15, 0.2) is 48.5 Å². The van der Waals surface area contributed by atoms with Gasteiger partial charge in [-0.2, -0.15) is 35.1 Å². The van der Waals surface area contributed by atoms with Gasteiger partial charge in [-0.15, -0.1) is 0 Å². The number of esters is 2. The van der Waals surface area contributed by atoms with Crippen LogP contribution in [0.1, 0.15) is 66.2 Å². The maximum absolute atomic E-state index is 13.5. The van der Waals surface area contributed by atoms with Crippen molar-refractivity contribution in [3.63, 3.8) is 0 Å². The molecule has 0 bridgehead atoms. The summed E-state index contributed by atoms with van der Waals surface area (Å²) in [6, 6.07) is 9.58. The van der Waals surface area contributed by atoms with Crippen LogP contribution in [0.2, 0.25) is 0 Å². The van der Waals surface area contributed by atoms with Gasteiger partial charge in [-0.3, -0.25) is 0 Å². The van der Waals surface area contributed by atoms with E-state index in [1.165, 1.54) is 31.4 Å². The molecule has 0 heterocycles. The molecule has 13 heteroatoms. The minimum absolute atomic E-state index is 0.137. The summed E-state index contributed by atoms with van der Waals surface area (Å²) in [7, 11) is 0. The predicted molar refractivity (Wildman–Crippen MR) is 123 cm³/mol. The number of carbonyl (C=O) groups excluding carboxylic acids is 2. The van der Waals surface area contributed by atoms with Crippen molar-refractivity contribution in [3.05, 3.63) is 59.7 Å². The molecule has 2 aromatic rings. The molecule has 2 rings (SSSR count). The third-order valence-electron chi connectivity index (χ3n) is 5.43. The lowest BCUT2D eigenvalue weighted by molar-refractivity contribution is -0.381. The molecule has 0 aliphatic heterocycles. The number of hydrogen-bond donors (Lipinski definition) is 0. The third-order valence-corrected chi connectivity index (χ3v) is 5.43. The van der Waals surface area contributed by atoms with Crippen LogP contribution in [0.5, 0.6) is 11.5 Å². The second kappa shape index (κ2) is 13.6. The van der Waals surface area contributed by atoms with Crippen LogP contribution in [0, 0.1) is 0 Å². The van der Waals surface area contributed by atoms with E-state index in [1.807, 2.05) is 0 Å². The molecule has 0 aliphatic carbocycles. The van der Waals surface area contributed by atoms with Crippen LogP contribution >= 0.6 is 0 Å². The second-order valence-electron chi connectivity index (χ2n) is 8.47. The Kier molecular flexibility index (Phi) is 11.1. The monoisotopic (exact) mass is 570 g/mol. The lowest BCUT2D eigenvalue weighted by atomic mass is 10.1. The maximum Gasteiger partial charge on any atom is 0.460 e. The van der Waals surface area contributed by atoms with E-state index < -0.39 is 41.9 Å². The molecule has 39 heavy (non-hydrogen) atoms. The highest BCUT2D eigenvalue weighted by Gasteiger charge is 2.77. The van der Waals surface area contributed by atoms with Crippen molar-refractivity contribution in [2.75, 3.05) is 6.61 Å². The molecule has 2 aromatic carbocycles. The van der Waals surface area contributed by atoms with Gasteiger partial charge < -0.3 is 14.2 Å². The highest BCUT2D eigenvalue weighted by Crippen LogP contribution is 2.49. The third kappa shape index (κ3) is 8.56. The van der Waals surface area contributed by atoms with Gasteiger partial charge in [0.05, 0.1) is 17.7 Å². The number of benzene rings is 2. The minimum Gasteiger partial charge on any atom is -0.494 e. The van der Waals surface area contributed by atoms with E-state index in [1.54, 1.807) is 12.1 Å². The van der Waals surface area contributed by atoms with Crippen LogP contribution in [0.25, 0.3) is 0 Å². The summed E-state index contributed by atoms with van der Waals surface area (Å²) >= 11 is 0. The van der Waals surface area contributed by atoms with E-state index in [9.17, 15) is 44.7 Å². The summed E-state index contributed by atoms with van der Waals surface area (Å²) in [6.45, 7) is 2.66. The standard InChI is InChI=1S/C26H26F8O5/c1-2-3-4-5-6-7-16-37-19-12-8-17(9-13-19)21(35)38-20-14-10-18(11-15-20)22(36)39-23(27)24(28,29)25(30,31)26(32,33)34/h8-15,23H,2-7,16H2,1H3. The van der Waals surface area contributed by atoms with Gasteiger partial charge in [-0.25, -0.2) is 9.59 Å². The Morgan fingerprint density at radius 2 is 1.21 bits per heavy atom. The number of rotatable bonds is 14. The first-order chi connectivity index (χ1) is 18.2. The van der Waals surface area contributed by atoms with Gasteiger partial charge in [-0.1, -0.05) is 39.0 Å². The summed E-state index contributed by atoms with van der Waals surface area (Å²) < 4.78 is 117. The largest absolute Gasteiger partial charge is 0.494 e. The highest BCUT2D eigenvalue weighted by atomic mass is 19.4. The average Bonchev–Trinajstić information content (AvgIpc) is 2.88. The Morgan fingerprint density at radius 1 is 0.718 bits per heavy atom. The first-order valence-corrected chi connectivity index (χ1v) is 11.9. The van der Waals surface area contributed by atoms with Gasteiger partial charge in [0.1, 0.15) is 11.5 Å². The van der Waals surface area contributed by atoms with E-state index in [2.05, 4.69) is 11.7 Å². The van der Waals surface area contributed by atoms with Crippen LogP contribution in [0.3, 0.4) is 0 Å². The van der Waals surface area contributed by atoms with Crippen molar-refractivity contribution in [2.24, 2.45) is 0 Å². The van der Waals surface area contributed by atoms with E-state index in [-0.39, 0.29) is 11.3 Å². The van der Waals surface area contributed by atoms with Crippen molar-refractivity contribution in [1.29, 1.82) is 0 Å². The molecule has 0 aromatic heterocycles. The quantitative estimate of drug-likeness (QED) is 0.0999. The molecule has 1 unspecified atom stereocenters. The van der Waals surface area contributed by atoms with E-state index in [4.69, 9.17) is 9.47 Å². The van der Waals surface area contributed by atoms with E-state index in [0.717, 1.165) is 43.5 Å². The van der Waals surface area contributed by atoms with Gasteiger partial charge in [0.15, 0.2) is 0 Å². The molecule has 0 spiro atoms. The Morgan fingerprint density at radius 3 is 1.74 bits per heavy atom. The summed E-state index contributed by atoms with van der Waals surface area (Å²) in [5.74, 6) is -15.5. The van der Waals surface area contributed by atoms with Crippen LogP contribution in [-0.4, -0.2) is 42.9 Å². The molecule has 0 fully saturated rings. The molecular weight excluding hydrogens is 544 g/mol. The number of carbonyl (C=O) groups is 2. The van der Waals surface area contributed by atoms with Crippen LogP contribution in [0.4, 0.5) is 35.1 Å². The molecule has 0 saturated heterocycles. The molecular formula is C26H26F8O5. The Hall–Kier alpha value is -3.38. The molecule has 0 amide bonds. The van der Waals surface area contributed by atoms with Crippen molar-refractivity contribution < 1.29 is 58.9 Å².